The summed E-state index contributed by atoms with van der Waals surface area (Å²) in [4.78, 5) is 11.6. The Hall–Kier alpha value is -1.42. The van der Waals surface area contributed by atoms with Crippen LogP contribution in [0.1, 0.15) is 13.8 Å². The lowest BCUT2D eigenvalue weighted by Crippen LogP contribution is -2.38. The molecule has 0 saturated heterocycles. The second-order valence-corrected chi connectivity index (χ2v) is 3.68. The molecule has 3 nitrogen and oxygen atoms in total. The molecule has 1 N–H and O–H groups in total. The number of rotatable bonds is 3. The highest BCUT2D eigenvalue weighted by atomic mass is 19.1. The van der Waals surface area contributed by atoms with E-state index in [1.54, 1.807) is 19.9 Å². The van der Waals surface area contributed by atoms with Crippen molar-refractivity contribution in [3.63, 3.8) is 0 Å². The molecular weight excluding hydrogens is 197 g/mol. The third kappa shape index (κ3) is 3.02. The fourth-order valence-corrected chi connectivity index (χ4v) is 0.941. The van der Waals surface area contributed by atoms with Gasteiger partial charge in [-0.05, 0) is 32.0 Å². The van der Waals surface area contributed by atoms with Gasteiger partial charge in [-0.15, -0.1) is 0 Å². The zero-order chi connectivity index (χ0) is 11.5. The highest BCUT2D eigenvalue weighted by Crippen LogP contribution is 2.14. The van der Waals surface area contributed by atoms with Crippen molar-refractivity contribution in [2.24, 2.45) is 0 Å². The number of hydrogen-bond donors (Lipinski definition) is 1. The molecule has 0 unspecified atom stereocenters. The first-order valence-corrected chi connectivity index (χ1v) is 4.58. The lowest BCUT2D eigenvalue weighted by atomic mass is 10.1. The summed E-state index contributed by atoms with van der Waals surface area (Å²) in [6, 6.07) is 5.72. The highest BCUT2D eigenvalue weighted by Gasteiger charge is 2.26. The highest BCUT2D eigenvalue weighted by molar-refractivity contribution is 5.96. The number of carbonyl (C=O) groups is 1. The molecule has 1 aromatic rings. The predicted molar refractivity (Wildman–Crippen MR) is 56.1 cm³/mol. The Morgan fingerprint density at radius 1 is 1.47 bits per heavy atom. The third-order valence-electron chi connectivity index (χ3n) is 2.14. The molecule has 15 heavy (non-hydrogen) atoms. The molecular formula is C11H14FNO2. The summed E-state index contributed by atoms with van der Waals surface area (Å²) >= 11 is 0. The second-order valence-electron chi connectivity index (χ2n) is 3.68. The molecule has 0 radical (unpaired) electrons. The standard InChI is InChI=1S/C11H14FNO2/c1-11(2,15-3)10(14)13-9-6-4-5-8(12)7-9/h4-7H,1-3H3,(H,13,14). The predicted octanol–water partition coefficient (Wildman–Crippen LogP) is 2.19. The molecule has 1 aromatic carbocycles. The van der Waals surface area contributed by atoms with Crippen LogP contribution in [0.3, 0.4) is 0 Å². The topological polar surface area (TPSA) is 38.3 Å². The van der Waals surface area contributed by atoms with Gasteiger partial charge in [-0.2, -0.15) is 0 Å². The number of anilines is 1. The van der Waals surface area contributed by atoms with Crippen LogP contribution in [-0.2, 0) is 9.53 Å². The van der Waals surface area contributed by atoms with E-state index in [2.05, 4.69) is 5.32 Å². The van der Waals surface area contributed by atoms with E-state index in [0.29, 0.717) is 5.69 Å². The zero-order valence-corrected chi connectivity index (χ0v) is 9.00. The van der Waals surface area contributed by atoms with Crippen molar-refractivity contribution >= 4 is 11.6 Å². The van der Waals surface area contributed by atoms with Crippen molar-refractivity contribution in [3.8, 4) is 0 Å². The van der Waals surface area contributed by atoms with Gasteiger partial charge in [0.2, 0.25) is 0 Å². The summed E-state index contributed by atoms with van der Waals surface area (Å²) < 4.78 is 17.8. The number of hydrogen-bond acceptors (Lipinski definition) is 2. The maximum absolute atomic E-state index is 12.8. The van der Waals surface area contributed by atoms with E-state index in [0.717, 1.165) is 0 Å². The number of ether oxygens (including phenoxy) is 1. The van der Waals surface area contributed by atoms with Gasteiger partial charge in [0.1, 0.15) is 11.4 Å². The van der Waals surface area contributed by atoms with E-state index in [4.69, 9.17) is 4.74 Å². The fraction of sp³-hybridized carbons (Fsp3) is 0.364. The summed E-state index contributed by atoms with van der Waals surface area (Å²) in [7, 11) is 1.45. The minimum absolute atomic E-state index is 0.310. The van der Waals surface area contributed by atoms with E-state index in [9.17, 15) is 9.18 Å². The van der Waals surface area contributed by atoms with Crippen molar-refractivity contribution in [1.29, 1.82) is 0 Å². The van der Waals surface area contributed by atoms with Crippen LogP contribution < -0.4 is 5.32 Å². The largest absolute Gasteiger partial charge is 0.369 e. The molecule has 0 saturated carbocycles. The maximum Gasteiger partial charge on any atom is 0.256 e. The number of nitrogens with one attached hydrogen (secondary N) is 1. The van der Waals surface area contributed by atoms with Gasteiger partial charge in [-0.3, -0.25) is 4.79 Å². The second kappa shape index (κ2) is 4.40. The smallest absolute Gasteiger partial charge is 0.256 e. The van der Waals surface area contributed by atoms with Crippen LogP contribution in [0.5, 0.6) is 0 Å². The Bertz CT molecular complexity index is 363. The molecule has 0 aliphatic carbocycles. The maximum atomic E-state index is 12.8. The van der Waals surface area contributed by atoms with E-state index >= 15 is 0 Å². The number of halogens is 1. The molecule has 0 fully saturated rings. The average Bonchev–Trinajstić information content (AvgIpc) is 2.17. The number of benzene rings is 1. The van der Waals surface area contributed by atoms with Gasteiger partial charge < -0.3 is 10.1 Å². The normalized spacial score (nSPS) is 11.2. The summed E-state index contributed by atoms with van der Waals surface area (Å²) in [6.45, 7) is 3.28. The lowest BCUT2D eigenvalue weighted by Gasteiger charge is -2.21. The molecule has 0 atom stereocenters. The van der Waals surface area contributed by atoms with Crippen molar-refractivity contribution in [1.82, 2.24) is 0 Å². The van der Waals surface area contributed by atoms with Gasteiger partial charge in [-0.1, -0.05) is 6.07 Å². The van der Waals surface area contributed by atoms with Gasteiger partial charge in [-0.25, -0.2) is 4.39 Å². The molecule has 0 aromatic heterocycles. The van der Waals surface area contributed by atoms with Crippen LogP contribution in [0.2, 0.25) is 0 Å². The van der Waals surface area contributed by atoms with Gasteiger partial charge in [0.05, 0.1) is 0 Å². The van der Waals surface area contributed by atoms with Crippen molar-refractivity contribution in [2.75, 3.05) is 12.4 Å². The molecule has 4 heteroatoms. The molecule has 0 bridgehead atoms. The Morgan fingerprint density at radius 2 is 2.13 bits per heavy atom. The minimum Gasteiger partial charge on any atom is -0.369 e. The summed E-state index contributed by atoms with van der Waals surface area (Å²) in [5.74, 6) is -0.696. The molecule has 0 aliphatic rings. The quantitative estimate of drug-likeness (QED) is 0.832. The zero-order valence-electron chi connectivity index (χ0n) is 9.00. The fourth-order valence-electron chi connectivity index (χ4n) is 0.941. The Balaban J connectivity index is 2.75. The van der Waals surface area contributed by atoms with Gasteiger partial charge in [0, 0.05) is 12.8 Å². The molecule has 0 spiro atoms. The summed E-state index contributed by atoms with van der Waals surface area (Å²) in [5.41, 5.74) is -0.503. The van der Waals surface area contributed by atoms with Gasteiger partial charge in [0.15, 0.2) is 0 Å². The summed E-state index contributed by atoms with van der Waals surface area (Å²) in [6.07, 6.45) is 0. The number of carbonyl (C=O) groups excluding carboxylic acids is 1. The van der Waals surface area contributed by atoms with E-state index in [1.807, 2.05) is 0 Å². The Labute approximate surface area is 88.2 Å². The summed E-state index contributed by atoms with van der Waals surface area (Å²) in [5, 5.41) is 2.57. The van der Waals surface area contributed by atoms with Crippen LogP contribution >= 0.6 is 0 Å². The molecule has 1 rings (SSSR count). The lowest BCUT2D eigenvalue weighted by molar-refractivity contribution is -0.133. The van der Waals surface area contributed by atoms with Gasteiger partial charge in [0.25, 0.3) is 5.91 Å². The van der Waals surface area contributed by atoms with E-state index in [1.165, 1.54) is 25.3 Å². The number of amides is 1. The first-order chi connectivity index (χ1) is 6.95. The Morgan fingerprint density at radius 3 is 2.67 bits per heavy atom. The first-order valence-electron chi connectivity index (χ1n) is 4.58. The van der Waals surface area contributed by atoms with Crippen LogP contribution in [0.4, 0.5) is 10.1 Å². The van der Waals surface area contributed by atoms with Crippen LogP contribution in [0.25, 0.3) is 0 Å². The van der Waals surface area contributed by atoms with Crippen molar-refractivity contribution in [2.45, 2.75) is 19.4 Å². The Kier molecular flexibility index (Phi) is 3.42. The van der Waals surface area contributed by atoms with Crippen LogP contribution in [0.15, 0.2) is 24.3 Å². The van der Waals surface area contributed by atoms with Gasteiger partial charge >= 0.3 is 0 Å². The van der Waals surface area contributed by atoms with Crippen LogP contribution in [0, 0.1) is 5.82 Å². The van der Waals surface area contributed by atoms with Crippen LogP contribution in [-0.4, -0.2) is 18.6 Å². The monoisotopic (exact) mass is 211 g/mol. The molecule has 82 valence electrons. The minimum atomic E-state index is -0.924. The van der Waals surface area contributed by atoms with Crippen molar-refractivity contribution in [3.05, 3.63) is 30.1 Å². The molecule has 1 amide bonds. The van der Waals surface area contributed by atoms with Crippen molar-refractivity contribution < 1.29 is 13.9 Å². The first kappa shape index (κ1) is 11.7. The molecule has 0 heterocycles. The number of methoxy groups -OCH3 is 1. The van der Waals surface area contributed by atoms with E-state index in [-0.39, 0.29) is 11.7 Å². The van der Waals surface area contributed by atoms with E-state index < -0.39 is 5.60 Å². The molecule has 0 aliphatic heterocycles. The SMILES string of the molecule is COC(C)(C)C(=O)Nc1cccc(F)c1. The third-order valence-corrected chi connectivity index (χ3v) is 2.14. The average molecular weight is 211 g/mol.